The topological polar surface area (TPSA) is 45.7 Å². The number of aromatic nitrogens is 1. The summed E-state index contributed by atoms with van der Waals surface area (Å²) in [5.74, 6) is 1.09. The molecule has 0 aliphatic carbocycles. The fourth-order valence-electron chi connectivity index (χ4n) is 3.79. The zero-order valence-corrected chi connectivity index (χ0v) is 19.0. The fourth-order valence-corrected chi connectivity index (χ4v) is 4.61. The third-order valence-electron chi connectivity index (χ3n) is 5.75. The molecule has 1 aromatic heterocycles. The van der Waals surface area contributed by atoms with E-state index in [2.05, 4.69) is 41.5 Å². The maximum Gasteiger partial charge on any atom is 0.222 e. The van der Waals surface area contributed by atoms with Crippen molar-refractivity contribution in [3.63, 3.8) is 0 Å². The molecule has 1 aliphatic rings. The first kappa shape index (κ1) is 21.5. The van der Waals surface area contributed by atoms with E-state index in [4.69, 9.17) is 9.72 Å². The molecule has 0 unspecified atom stereocenters. The van der Waals surface area contributed by atoms with E-state index in [1.807, 2.05) is 29.2 Å². The lowest BCUT2D eigenvalue weighted by Crippen LogP contribution is -2.48. The summed E-state index contributed by atoms with van der Waals surface area (Å²) in [6, 6.07) is 16.5. The van der Waals surface area contributed by atoms with Crippen molar-refractivity contribution < 1.29 is 9.53 Å². The van der Waals surface area contributed by atoms with E-state index in [-0.39, 0.29) is 5.91 Å². The van der Waals surface area contributed by atoms with Gasteiger partial charge in [0, 0.05) is 50.1 Å². The predicted molar refractivity (Wildman–Crippen MR) is 125 cm³/mol. The van der Waals surface area contributed by atoms with Crippen LogP contribution in [0.4, 0.5) is 0 Å². The second kappa shape index (κ2) is 10.1. The zero-order chi connectivity index (χ0) is 21.6. The number of hydrogen-bond acceptors (Lipinski definition) is 5. The number of piperazine rings is 1. The van der Waals surface area contributed by atoms with Crippen molar-refractivity contribution in [1.82, 2.24) is 14.8 Å². The minimum atomic E-state index is 0.241. The average molecular weight is 436 g/mol. The quantitative estimate of drug-likeness (QED) is 0.552. The van der Waals surface area contributed by atoms with Crippen LogP contribution in [0.1, 0.15) is 23.2 Å². The standard InChI is InChI=1S/C25H29N3O2S/c1-19-3-8-21(9-4-19)25-26-22(18-31-25)17-27-13-15-28(16-14-27)24(29)12-7-20-5-10-23(30-2)11-6-20/h3-6,8-11,18H,7,12-17H2,1-2H3. The van der Waals surface area contributed by atoms with Gasteiger partial charge in [-0.15, -0.1) is 11.3 Å². The highest BCUT2D eigenvalue weighted by atomic mass is 32.1. The van der Waals surface area contributed by atoms with Crippen molar-refractivity contribution >= 4 is 17.2 Å². The van der Waals surface area contributed by atoms with Crippen molar-refractivity contribution in [3.8, 4) is 16.3 Å². The predicted octanol–water partition coefficient (Wildman–Crippen LogP) is 4.40. The van der Waals surface area contributed by atoms with E-state index in [0.29, 0.717) is 6.42 Å². The molecule has 2 aromatic carbocycles. The number of ether oxygens (including phenoxy) is 1. The SMILES string of the molecule is COc1ccc(CCC(=O)N2CCN(Cc3csc(-c4ccc(C)cc4)n3)CC2)cc1. The number of rotatable bonds is 7. The molecule has 31 heavy (non-hydrogen) atoms. The van der Waals surface area contributed by atoms with Gasteiger partial charge in [0.05, 0.1) is 12.8 Å². The molecule has 1 fully saturated rings. The number of amides is 1. The first-order valence-corrected chi connectivity index (χ1v) is 11.6. The molecule has 0 atom stereocenters. The van der Waals surface area contributed by atoms with Crippen LogP contribution in [0.5, 0.6) is 5.75 Å². The molecular weight excluding hydrogens is 406 g/mol. The Balaban J connectivity index is 1.23. The highest BCUT2D eigenvalue weighted by molar-refractivity contribution is 7.13. The Morgan fingerprint density at radius 1 is 1.03 bits per heavy atom. The molecular formula is C25H29N3O2S. The van der Waals surface area contributed by atoms with Gasteiger partial charge in [0.15, 0.2) is 0 Å². The molecule has 3 aromatic rings. The molecule has 1 saturated heterocycles. The van der Waals surface area contributed by atoms with E-state index in [1.54, 1.807) is 18.4 Å². The lowest BCUT2D eigenvalue weighted by Gasteiger charge is -2.34. The monoisotopic (exact) mass is 435 g/mol. The minimum absolute atomic E-state index is 0.241. The largest absolute Gasteiger partial charge is 0.497 e. The number of benzene rings is 2. The van der Waals surface area contributed by atoms with Crippen molar-refractivity contribution in [2.75, 3.05) is 33.3 Å². The maximum absolute atomic E-state index is 12.6. The lowest BCUT2D eigenvalue weighted by molar-refractivity contribution is -0.133. The molecule has 2 heterocycles. The normalized spacial score (nSPS) is 14.6. The van der Waals surface area contributed by atoms with Gasteiger partial charge in [-0.3, -0.25) is 9.69 Å². The average Bonchev–Trinajstić information content (AvgIpc) is 3.27. The Hall–Kier alpha value is -2.70. The Bertz CT molecular complexity index is 990. The minimum Gasteiger partial charge on any atom is -0.497 e. The third-order valence-corrected chi connectivity index (χ3v) is 6.69. The molecule has 1 aliphatic heterocycles. The van der Waals surface area contributed by atoms with Crippen LogP contribution in [0.2, 0.25) is 0 Å². The highest BCUT2D eigenvalue weighted by Crippen LogP contribution is 2.25. The zero-order valence-electron chi connectivity index (χ0n) is 18.2. The fraction of sp³-hybridized carbons (Fsp3) is 0.360. The summed E-state index contributed by atoms with van der Waals surface area (Å²) in [6.45, 7) is 6.31. The lowest BCUT2D eigenvalue weighted by atomic mass is 10.1. The van der Waals surface area contributed by atoms with Crippen LogP contribution in [0.25, 0.3) is 10.6 Å². The summed E-state index contributed by atoms with van der Waals surface area (Å²) in [5.41, 5.74) is 4.71. The van der Waals surface area contributed by atoms with Gasteiger partial charge in [-0.2, -0.15) is 0 Å². The van der Waals surface area contributed by atoms with Gasteiger partial charge >= 0.3 is 0 Å². The smallest absolute Gasteiger partial charge is 0.222 e. The number of methoxy groups -OCH3 is 1. The van der Waals surface area contributed by atoms with Crippen LogP contribution in [0.15, 0.2) is 53.9 Å². The summed E-state index contributed by atoms with van der Waals surface area (Å²) >= 11 is 1.70. The number of nitrogens with zero attached hydrogens (tertiary/aromatic N) is 3. The van der Waals surface area contributed by atoms with Gasteiger partial charge in [-0.25, -0.2) is 4.98 Å². The molecule has 6 heteroatoms. The van der Waals surface area contributed by atoms with Crippen LogP contribution >= 0.6 is 11.3 Å². The molecule has 0 spiro atoms. The van der Waals surface area contributed by atoms with Gasteiger partial charge in [0.2, 0.25) is 5.91 Å². The molecule has 0 radical (unpaired) electrons. The molecule has 0 bridgehead atoms. The van der Waals surface area contributed by atoms with Crippen molar-refractivity contribution in [2.45, 2.75) is 26.3 Å². The maximum atomic E-state index is 12.6. The van der Waals surface area contributed by atoms with E-state index in [1.165, 1.54) is 16.7 Å². The van der Waals surface area contributed by atoms with E-state index in [0.717, 1.165) is 55.6 Å². The Morgan fingerprint density at radius 3 is 2.42 bits per heavy atom. The van der Waals surface area contributed by atoms with Crippen LogP contribution in [0, 0.1) is 6.92 Å². The van der Waals surface area contributed by atoms with Crippen molar-refractivity contribution in [3.05, 3.63) is 70.7 Å². The Labute approximate surface area is 188 Å². The van der Waals surface area contributed by atoms with Gasteiger partial charge in [0.25, 0.3) is 0 Å². The van der Waals surface area contributed by atoms with Gasteiger partial charge in [-0.1, -0.05) is 42.0 Å². The summed E-state index contributed by atoms with van der Waals surface area (Å²) in [6.07, 6.45) is 1.32. The summed E-state index contributed by atoms with van der Waals surface area (Å²) < 4.78 is 5.19. The number of aryl methyl sites for hydroxylation is 2. The first-order valence-electron chi connectivity index (χ1n) is 10.8. The van der Waals surface area contributed by atoms with Gasteiger partial charge < -0.3 is 9.64 Å². The number of carbonyl (C=O) groups excluding carboxylic acids is 1. The van der Waals surface area contributed by atoms with Crippen LogP contribution in [0.3, 0.4) is 0 Å². The molecule has 1 amide bonds. The molecule has 0 saturated carbocycles. The van der Waals surface area contributed by atoms with Crippen molar-refractivity contribution in [1.29, 1.82) is 0 Å². The van der Waals surface area contributed by atoms with Gasteiger partial charge in [0.1, 0.15) is 10.8 Å². The highest BCUT2D eigenvalue weighted by Gasteiger charge is 2.21. The van der Waals surface area contributed by atoms with Crippen LogP contribution in [-0.4, -0.2) is 54.0 Å². The van der Waals surface area contributed by atoms with E-state index in [9.17, 15) is 4.79 Å². The Kier molecular flexibility index (Phi) is 6.99. The van der Waals surface area contributed by atoms with E-state index >= 15 is 0 Å². The number of thiazole rings is 1. The van der Waals surface area contributed by atoms with E-state index < -0.39 is 0 Å². The molecule has 5 nitrogen and oxygen atoms in total. The third kappa shape index (κ3) is 5.71. The molecule has 4 rings (SSSR count). The summed E-state index contributed by atoms with van der Waals surface area (Å²) in [7, 11) is 1.66. The number of hydrogen-bond donors (Lipinski definition) is 0. The second-order valence-corrected chi connectivity index (χ2v) is 8.87. The van der Waals surface area contributed by atoms with Gasteiger partial charge in [-0.05, 0) is 31.0 Å². The summed E-state index contributed by atoms with van der Waals surface area (Å²) in [5, 5.41) is 3.23. The Morgan fingerprint density at radius 2 is 1.74 bits per heavy atom. The first-order chi connectivity index (χ1) is 15.1. The van der Waals surface area contributed by atoms with Crippen LogP contribution < -0.4 is 4.74 Å². The second-order valence-electron chi connectivity index (χ2n) is 8.02. The number of carbonyl (C=O) groups is 1. The van der Waals surface area contributed by atoms with Crippen LogP contribution in [-0.2, 0) is 17.8 Å². The van der Waals surface area contributed by atoms with Crippen molar-refractivity contribution in [2.24, 2.45) is 0 Å². The summed E-state index contributed by atoms with van der Waals surface area (Å²) in [4.78, 5) is 21.8. The molecule has 0 N–H and O–H groups in total. The molecule has 162 valence electrons.